The van der Waals surface area contributed by atoms with Crippen molar-refractivity contribution < 1.29 is 103 Å². The third-order valence-corrected chi connectivity index (χ3v) is 16.6. The van der Waals surface area contributed by atoms with Crippen LogP contribution in [0.5, 0.6) is 0 Å². The molecule has 2 aliphatic rings. The van der Waals surface area contributed by atoms with Crippen LogP contribution in [-0.2, 0) is 71.4 Å². The number of aliphatic hydroxyl groups is 8. The zero-order chi connectivity index (χ0) is 72.7. The Balaban J connectivity index is 0.000000495. The fraction of sp³-hybridized carbons (Fsp3) is 0.618. The molecule has 6 rings (SSSR count). The third-order valence-electron chi connectivity index (χ3n) is 13.7. The van der Waals surface area contributed by atoms with Gasteiger partial charge in [0, 0.05) is 61.0 Å². The molecule has 0 aliphatic carbocycles. The summed E-state index contributed by atoms with van der Waals surface area (Å²) in [5.41, 5.74) is 48.1. The van der Waals surface area contributed by atoms with Crippen LogP contribution in [0.2, 0.25) is 0 Å². The number of carbonyl (C=O) groups is 8. The number of aromatic amines is 1. The lowest BCUT2D eigenvalue weighted by Gasteiger charge is -2.46. The third kappa shape index (κ3) is 28.2. The highest BCUT2D eigenvalue weighted by molar-refractivity contribution is 7.95. The Hall–Kier alpha value is -6.98. The van der Waals surface area contributed by atoms with Gasteiger partial charge in [-0.05, 0) is 38.2 Å². The average Bonchev–Trinajstić information content (AvgIpc) is 1.26. The maximum atomic E-state index is 12.9. The molecule has 0 radical (unpaired) electrons. The van der Waals surface area contributed by atoms with Crippen LogP contribution in [0.4, 0.5) is 10.6 Å². The van der Waals surface area contributed by atoms with Gasteiger partial charge < -0.3 is 137 Å². The maximum Gasteiger partial charge on any atom is 0.404 e. The quantitative estimate of drug-likeness (QED) is 0.0170. The van der Waals surface area contributed by atoms with E-state index in [0.717, 1.165) is 17.2 Å². The van der Waals surface area contributed by atoms with Crippen molar-refractivity contribution in [1.82, 2.24) is 40.5 Å². The molecule has 4 aromatic heterocycles. The molecule has 0 aromatic carbocycles. The number of aryl methyl sites for hydroxylation is 1. The number of primary amides is 4. The molecule has 4 aromatic rings. The number of hydrogen-bond acceptors (Lipinski definition) is 33. The van der Waals surface area contributed by atoms with E-state index < -0.39 is 153 Å². The number of aromatic nitrogens is 6. The second kappa shape index (κ2) is 43.3. The van der Waals surface area contributed by atoms with Crippen molar-refractivity contribution in [3.63, 3.8) is 0 Å². The van der Waals surface area contributed by atoms with Crippen LogP contribution in [0.25, 0.3) is 10.7 Å². The van der Waals surface area contributed by atoms with Crippen LogP contribution < -0.4 is 62.2 Å². The molecular formula is C55H92N17O21S3+. The highest BCUT2D eigenvalue weighted by atomic mass is 32.2. The van der Waals surface area contributed by atoms with Crippen LogP contribution >= 0.6 is 22.7 Å². The highest BCUT2D eigenvalue weighted by Gasteiger charge is 2.53. The second-order valence-corrected chi connectivity index (χ2v) is 25.8. The van der Waals surface area contributed by atoms with Gasteiger partial charge in [-0.3, -0.25) is 28.8 Å². The van der Waals surface area contributed by atoms with E-state index in [2.05, 4.69) is 53.0 Å². The first kappa shape index (κ1) is 85.1. The average molecular weight is 1420 g/mol. The molecule has 2 fully saturated rings. The Kier molecular flexibility index (Phi) is 38.4. The molecule has 540 valence electrons. The van der Waals surface area contributed by atoms with E-state index in [1.807, 2.05) is 5.38 Å². The molecule has 29 N–H and O–H groups in total. The first-order valence-corrected chi connectivity index (χ1v) is 33.4. The second-order valence-electron chi connectivity index (χ2n) is 21.6. The lowest BCUT2D eigenvalue weighted by Crippen LogP contribution is -2.65. The SMILES string of the molecule is C[C@@H](O)[C@H](N)C(=O)NCCc1nc(-c2nc(C=O)cs2)cs1.C[C@H](C=O)[C@H](O)[C@@H](C)NC(=O)C[C@@H](OC1OC(CO)C(O)C(O)C1OC1OC(CO)C(O)C(OC(N)=O)C1O)c1cnc[nH]1.C[S+](C)CCCN.Cc1c(N)nc(CCC(N)=O)nc1C(N)=O.NC[C@H](N)C(N)=O. The number of thiazole rings is 2. The Morgan fingerprint density at radius 3 is 1.99 bits per heavy atom. The minimum absolute atomic E-state index is 0.0759. The van der Waals surface area contributed by atoms with E-state index in [1.165, 1.54) is 68.1 Å². The van der Waals surface area contributed by atoms with Crippen molar-refractivity contribution in [2.45, 2.75) is 158 Å². The number of hydrogen-bond donors (Lipinski definition) is 20. The molecule has 96 heavy (non-hydrogen) atoms. The Morgan fingerprint density at radius 1 is 0.844 bits per heavy atom. The van der Waals surface area contributed by atoms with E-state index in [0.29, 0.717) is 52.7 Å². The number of H-pyrrole nitrogens is 1. The van der Waals surface area contributed by atoms with Crippen molar-refractivity contribution >= 4 is 87.6 Å². The van der Waals surface area contributed by atoms with Gasteiger partial charge >= 0.3 is 6.09 Å². The van der Waals surface area contributed by atoms with Crippen LogP contribution in [0.1, 0.15) is 89.2 Å². The van der Waals surface area contributed by atoms with Gasteiger partial charge in [0.1, 0.15) is 101 Å². The molecule has 38 nitrogen and oxygen atoms in total. The molecule has 6 heterocycles. The molecule has 0 saturated carbocycles. The van der Waals surface area contributed by atoms with Crippen molar-refractivity contribution in [2.24, 2.45) is 51.8 Å². The Labute approximate surface area is 562 Å². The summed E-state index contributed by atoms with van der Waals surface area (Å²) in [5, 5.41) is 91.8. The molecule has 0 bridgehead atoms. The van der Waals surface area contributed by atoms with E-state index in [-0.39, 0.29) is 48.3 Å². The monoisotopic (exact) mass is 1420 g/mol. The maximum absolute atomic E-state index is 12.9. The summed E-state index contributed by atoms with van der Waals surface area (Å²) >= 11 is 2.83. The fourth-order valence-electron chi connectivity index (χ4n) is 8.11. The van der Waals surface area contributed by atoms with Gasteiger partial charge in [-0.2, -0.15) is 0 Å². The molecular weight excluding hydrogens is 1330 g/mol. The van der Waals surface area contributed by atoms with Gasteiger partial charge in [-0.1, -0.05) is 6.92 Å². The van der Waals surface area contributed by atoms with Crippen LogP contribution in [-0.4, -0.2) is 262 Å². The summed E-state index contributed by atoms with van der Waals surface area (Å²) in [6.45, 7) is 5.82. The van der Waals surface area contributed by atoms with E-state index in [1.54, 1.807) is 12.3 Å². The Bertz CT molecular complexity index is 3030. The van der Waals surface area contributed by atoms with Crippen molar-refractivity contribution in [3.05, 3.63) is 56.8 Å². The summed E-state index contributed by atoms with van der Waals surface area (Å²) < 4.78 is 27.6. The van der Waals surface area contributed by atoms with Gasteiger partial charge in [-0.25, -0.2) is 29.7 Å². The molecule has 0 spiro atoms. The number of ether oxygens (including phenoxy) is 5. The molecule has 2 aliphatic heterocycles. The number of nitrogens with two attached hydrogens (primary N) is 9. The number of amides is 6. The predicted molar refractivity (Wildman–Crippen MR) is 347 cm³/mol. The van der Waals surface area contributed by atoms with Gasteiger partial charge in [0.2, 0.25) is 23.6 Å². The fourth-order valence-corrected chi connectivity index (χ4v) is 10.4. The lowest BCUT2D eigenvalue weighted by atomic mass is 9.97. The number of rotatable bonds is 30. The number of aliphatic hydroxyl groups excluding tert-OH is 8. The van der Waals surface area contributed by atoms with E-state index >= 15 is 0 Å². The molecule has 41 heteroatoms. The number of anilines is 1. The summed E-state index contributed by atoms with van der Waals surface area (Å²) in [6, 6.07) is -2.44. The zero-order valence-corrected chi connectivity index (χ0v) is 56.0. The number of nitrogens with one attached hydrogen (secondary N) is 3. The minimum atomic E-state index is -1.93. The van der Waals surface area contributed by atoms with Crippen molar-refractivity contribution in [1.29, 1.82) is 0 Å². The molecule has 10 unspecified atom stereocenters. The summed E-state index contributed by atoms with van der Waals surface area (Å²) in [5.74, 6) is -1.71. The van der Waals surface area contributed by atoms with Gasteiger partial charge in [0.15, 0.2) is 25.0 Å². The van der Waals surface area contributed by atoms with Crippen molar-refractivity contribution in [3.8, 4) is 10.7 Å². The van der Waals surface area contributed by atoms with Crippen molar-refractivity contribution in [2.75, 3.05) is 56.8 Å². The number of nitrogen functional groups attached to an aromatic ring is 1. The number of nitrogens with zero attached hydrogens (tertiary/aromatic N) is 5. The van der Waals surface area contributed by atoms with Gasteiger partial charge in [-0.15, -0.1) is 22.7 Å². The standard InChI is InChI=1S/C25H40N4O15.C13H16N4O3S2.C9H13N5O2.C5H14NS.C3H9N3O/c1-9(5-30)16(34)10(2)29-15(33)3-12(11-4-27-8-28-11)40-24-22(19(37)17(35)13(6-31)42-24)43-23-20(38)21(44-25(26)39)18(36)14(7-32)41-23;1-7(19)11(14)12(20)15-3-2-10-17-9(6-21-10)13-16-8(4-18)5-22-13;1-4-7(9(12)16)13-6(14-8(4)11)3-2-5(10)15;1-7(2)5-3-4-6;4-1-2(5)3(6)7/h4-5,8-10,12-14,16-24,31-32,34-38H,3,6-7H2,1-2H3,(H2,26,39)(H,27,28)(H,29,33);4-7,11,19H,2-3,14H2,1H3,(H,15,20);2-3H2,1H3,(H2,10,15)(H2,12,16)(H2,11,13,14);3-6H2,1-2H3;2H,1,4-5H2,(H2,6,7)/q;;;+1;/t9-,10-,12-,13?,14?,16+,17?,18?,19?,20?,21?,22?,23?,24?;7-,11+;;;2-/m11..0/s1. The minimum Gasteiger partial charge on any atom is -0.441 e. The summed E-state index contributed by atoms with van der Waals surface area (Å²) in [7, 11) is 0.605. The summed E-state index contributed by atoms with van der Waals surface area (Å²) in [6.07, 6.45) is -11.8. The lowest BCUT2D eigenvalue weighted by molar-refractivity contribution is -0.371. The van der Waals surface area contributed by atoms with Gasteiger partial charge in [0.05, 0.1) is 79.7 Å². The van der Waals surface area contributed by atoms with E-state index in [9.17, 15) is 79.2 Å². The summed E-state index contributed by atoms with van der Waals surface area (Å²) in [4.78, 5) is 112. The Morgan fingerprint density at radius 2 is 1.49 bits per heavy atom. The number of aldehydes is 2. The predicted octanol–water partition coefficient (Wildman–Crippen LogP) is -7.41. The van der Waals surface area contributed by atoms with Crippen LogP contribution in [0, 0.1) is 12.8 Å². The molecule has 2 saturated heterocycles. The largest absolute Gasteiger partial charge is 0.441 e. The van der Waals surface area contributed by atoms with Crippen LogP contribution in [0.3, 0.4) is 0 Å². The number of imidazole rings is 1. The van der Waals surface area contributed by atoms with Crippen LogP contribution in [0.15, 0.2) is 23.3 Å². The first-order valence-electron chi connectivity index (χ1n) is 29.4. The molecule has 6 amide bonds. The first-order chi connectivity index (χ1) is 45.2. The topological polar surface area (TPSA) is 683 Å². The number of carbonyl (C=O) groups excluding carboxylic acids is 8. The van der Waals surface area contributed by atoms with E-state index in [4.69, 9.17) is 75.3 Å². The normalized spacial score (nSPS) is 22.7. The van der Waals surface area contributed by atoms with Gasteiger partial charge in [0.25, 0.3) is 5.91 Å². The molecule has 17 atom stereocenters. The highest BCUT2D eigenvalue weighted by Crippen LogP contribution is 2.34. The smallest absolute Gasteiger partial charge is 0.404 e. The zero-order valence-electron chi connectivity index (χ0n) is 53.6.